The van der Waals surface area contributed by atoms with Gasteiger partial charge in [-0.1, -0.05) is 31.2 Å². The Balaban J connectivity index is 1.66. The van der Waals surface area contributed by atoms with Crippen LogP contribution in [0.5, 0.6) is 5.88 Å². The van der Waals surface area contributed by atoms with Crippen LogP contribution >= 0.6 is 0 Å². The third-order valence-electron chi connectivity index (χ3n) is 4.72. The third-order valence-corrected chi connectivity index (χ3v) is 4.72. The van der Waals surface area contributed by atoms with Gasteiger partial charge in [0.15, 0.2) is 0 Å². The zero-order valence-corrected chi connectivity index (χ0v) is 16.1. The van der Waals surface area contributed by atoms with Crippen LogP contribution in [0.3, 0.4) is 0 Å². The van der Waals surface area contributed by atoms with E-state index < -0.39 is 11.6 Å². The minimum atomic E-state index is -0.959. The molecule has 8 heteroatoms. The number of carboxylic acids is 1. The standard InChI is InChI=1S/C20H25N5O3/c1-3-25(11-14-6-4-13(5-7-14)8-9-16(26)27)12-20(2)10-15-17(21)23-19(22)24-18(15)28-20/h4-9H,3,10-12H2,1-2H3,(H,26,27)(H4,21,22,23,24)/b9-8+/t20-/m0/s1. The second kappa shape index (κ2) is 7.85. The SMILES string of the molecule is CCN(Cc1ccc(/C=C/C(=O)O)cc1)C[C@]1(C)Cc2c(N)nc(N)nc2O1. The van der Waals surface area contributed by atoms with Gasteiger partial charge in [-0.2, -0.15) is 9.97 Å². The molecule has 0 fully saturated rings. The zero-order valence-electron chi connectivity index (χ0n) is 16.1. The van der Waals surface area contributed by atoms with Gasteiger partial charge in [0.1, 0.15) is 11.4 Å². The second-order valence-corrected chi connectivity index (χ2v) is 7.20. The Labute approximate surface area is 163 Å². The molecule has 0 spiro atoms. The first kappa shape index (κ1) is 19.6. The number of aromatic nitrogens is 2. The van der Waals surface area contributed by atoms with Gasteiger partial charge >= 0.3 is 5.97 Å². The second-order valence-electron chi connectivity index (χ2n) is 7.20. The van der Waals surface area contributed by atoms with E-state index in [2.05, 4.69) is 21.8 Å². The summed E-state index contributed by atoms with van der Waals surface area (Å²) < 4.78 is 6.08. The Morgan fingerprint density at radius 1 is 1.32 bits per heavy atom. The molecule has 0 saturated carbocycles. The van der Waals surface area contributed by atoms with Crippen LogP contribution in [-0.4, -0.2) is 44.6 Å². The van der Waals surface area contributed by atoms with Crippen LogP contribution in [0, 0.1) is 0 Å². The molecule has 5 N–H and O–H groups in total. The summed E-state index contributed by atoms with van der Waals surface area (Å²) in [6.07, 6.45) is 3.33. The molecule has 148 valence electrons. The van der Waals surface area contributed by atoms with Crippen molar-refractivity contribution in [1.82, 2.24) is 14.9 Å². The number of ether oxygens (including phenoxy) is 1. The molecule has 1 aliphatic rings. The predicted molar refractivity (Wildman–Crippen MR) is 108 cm³/mol. The summed E-state index contributed by atoms with van der Waals surface area (Å²) in [6.45, 7) is 6.42. The molecule has 1 aromatic heterocycles. The summed E-state index contributed by atoms with van der Waals surface area (Å²) in [4.78, 5) is 21.1. The van der Waals surface area contributed by atoms with Gasteiger partial charge in [0.2, 0.25) is 11.8 Å². The van der Waals surface area contributed by atoms with E-state index in [1.165, 1.54) is 0 Å². The fourth-order valence-electron chi connectivity index (χ4n) is 3.39. The van der Waals surface area contributed by atoms with Crippen molar-refractivity contribution in [2.24, 2.45) is 0 Å². The number of likely N-dealkylation sites (N-methyl/N-ethyl adjacent to an activating group) is 1. The maximum absolute atomic E-state index is 10.6. The van der Waals surface area contributed by atoms with Crippen molar-refractivity contribution in [3.05, 3.63) is 47.0 Å². The fraction of sp³-hybridized carbons (Fsp3) is 0.350. The molecule has 3 rings (SSSR count). The van der Waals surface area contributed by atoms with Crippen LogP contribution < -0.4 is 16.2 Å². The average molecular weight is 383 g/mol. The monoisotopic (exact) mass is 383 g/mol. The summed E-state index contributed by atoms with van der Waals surface area (Å²) in [6, 6.07) is 7.82. The Hall–Kier alpha value is -3.13. The van der Waals surface area contributed by atoms with Crippen LogP contribution in [0.15, 0.2) is 30.3 Å². The summed E-state index contributed by atoms with van der Waals surface area (Å²) >= 11 is 0. The summed E-state index contributed by atoms with van der Waals surface area (Å²) in [5.41, 5.74) is 14.0. The molecule has 1 atom stereocenters. The lowest BCUT2D eigenvalue weighted by molar-refractivity contribution is -0.131. The van der Waals surface area contributed by atoms with Crippen LogP contribution in [0.1, 0.15) is 30.5 Å². The van der Waals surface area contributed by atoms with Crippen molar-refractivity contribution < 1.29 is 14.6 Å². The van der Waals surface area contributed by atoms with Crippen molar-refractivity contribution in [2.75, 3.05) is 24.6 Å². The number of carbonyl (C=O) groups is 1. The number of fused-ring (bicyclic) bond motifs is 1. The molecule has 0 saturated heterocycles. The molecule has 0 aliphatic carbocycles. The van der Waals surface area contributed by atoms with Gasteiger partial charge in [-0.25, -0.2) is 4.79 Å². The largest absolute Gasteiger partial charge is 0.478 e. The molecule has 1 aliphatic heterocycles. The maximum Gasteiger partial charge on any atom is 0.328 e. The van der Waals surface area contributed by atoms with Crippen LogP contribution in [0.2, 0.25) is 0 Å². The van der Waals surface area contributed by atoms with E-state index in [4.69, 9.17) is 21.3 Å². The first-order valence-corrected chi connectivity index (χ1v) is 9.11. The van der Waals surface area contributed by atoms with E-state index in [0.717, 1.165) is 35.9 Å². The Kier molecular flexibility index (Phi) is 5.51. The summed E-state index contributed by atoms with van der Waals surface area (Å²) in [7, 11) is 0. The Morgan fingerprint density at radius 2 is 2.04 bits per heavy atom. The van der Waals surface area contributed by atoms with Crippen molar-refractivity contribution in [3.8, 4) is 5.88 Å². The van der Waals surface area contributed by atoms with Crippen molar-refractivity contribution in [1.29, 1.82) is 0 Å². The number of aliphatic carboxylic acids is 1. The lowest BCUT2D eigenvalue weighted by atomic mass is 9.99. The van der Waals surface area contributed by atoms with E-state index in [0.29, 0.717) is 24.7 Å². The smallest absolute Gasteiger partial charge is 0.328 e. The van der Waals surface area contributed by atoms with Gasteiger partial charge < -0.3 is 21.3 Å². The lowest BCUT2D eigenvalue weighted by Gasteiger charge is -2.31. The van der Waals surface area contributed by atoms with Gasteiger partial charge in [-0.15, -0.1) is 0 Å². The van der Waals surface area contributed by atoms with Crippen molar-refractivity contribution in [3.63, 3.8) is 0 Å². The number of anilines is 2. The normalized spacial score (nSPS) is 18.4. The number of rotatable bonds is 7. The summed E-state index contributed by atoms with van der Waals surface area (Å²) in [5.74, 6) is 0.00130. The highest BCUT2D eigenvalue weighted by Crippen LogP contribution is 2.37. The van der Waals surface area contributed by atoms with Gasteiger partial charge in [-0.05, 0) is 30.7 Å². The number of nitrogens with zero attached hydrogens (tertiary/aromatic N) is 3. The van der Waals surface area contributed by atoms with Crippen LogP contribution in [0.25, 0.3) is 6.08 Å². The predicted octanol–water partition coefficient (Wildman–Crippen LogP) is 1.95. The molecule has 2 heterocycles. The number of nitrogens with two attached hydrogens (primary N) is 2. The first-order chi connectivity index (χ1) is 13.3. The number of carboxylic acid groups (broad SMARTS) is 1. The first-order valence-electron chi connectivity index (χ1n) is 9.11. The molecule has 8 nitrogen and oxygen atoms in total. The minimum Gasteiger partial charge on any atom is -0.478 e. The molecule has 0 bridgehead atoms. The van der Waals surface area contributed by atoms with Crippen molar-refractivity contribution >= 4 is 23.8 Å². The van der Waals surface area contributed by atoms with Gasteiger partial charge in [0, 0.05) is 25.6 Å². The molecule has 0 amide bonds. The Morgan fingerprint density at radius 3 is 2.68 bits per heavy atom. The highest BCUT2D eigenvalue weighted by atomic mass is 16.5. The van der Waals surface area contributed by atoms with E-state index in [1.807, 2.05) is 31.2 Å². The topological polar surface area (TPSA) is 128 Å². The summed E-state index contributed by atoms with van der Waals surface area (Å²) in [5, 5.41) is 8.71. The number of hydrogen-bond donors (Lipinski definition) is 3. The quantitative estimate of drug-likeness (QED) is 0.619. The number of nitrogen functional groups attached to an aromatic ring is 2. The molecule has 2 aromatic rings. The third kappa shape index (κ3) is 4.58. The van der Waals surface area contributed by atoms with E-state index >= 15 is 0 Å². The molecule has 0 radical (unpaired) electrons. The average Bonchev–Trinajstić information content (AvgIpc) is 2.97. The number of hydrogen-bond acceptors (Lipinski definition) is 7. The van der Waals surface area contributed by atoms with Gasteiger partial charge in [-0.3, -0.25) is 4.90 Å². The highest BCUT2D eigenvalue weighted by Gasteiger charge is 2.39. The molecule has 1 aromatic carbocycles. The molecular weight excluding hydrogens is 358 g/mol. The van der Waals surface area contributed by atoms with E-state index in [-0.39, 0.29) is 5.95 Å². The van der Waals surface area contributed by atoms with E-state index in [9.17, 15) is 4.79 Å². The fourth-order valence-corrected chi connectivity index (χ4v) is 3.39. The van der Waals surface area contributed by atoms with Crippen LogP contribution in [0.4, 0.5) is 11.8 Å². The van der Waals surface area contributed by atoms with E-state index in [1.54, 1.807) is 6.08 Å². The lowest BCUT2D eigenvalue weighted by Crippen LogP contribution is -2.44. The van der Waals surface area contributed by atoms with Crippen molar-refractivity contribution in [2.45, 2.75) is 32.4 Å². The minimum absolute atomic E-state index is 0.116. The molecule has 0 unspecified atom stereocenters. The maximum atomic E-state index is 10.6. The van der Waals surface area contributed by atoms with Gasteiger partial charge in [0.05, 0.1) is 5.56 Å². The Bertz CT molecular complexity index is 897. The number of benzene rings is 1. The highest BCUT2D eigenvalue weighted by molar-refractivity contribution is 5.85. The molecule has 28 heavy (non-hydrogen) atoms. The zero-order chi connectivity index (χ0) is 20.3. The van der Waals surface area contributed by atoms with Gasteiger partial charge in [0.25, 0.3) is 0 Å². The van der Waals surface area contributed by atoms with Crippen LogP contribution in [-0.2, 0) is 17.8 Å². The molecular formula is C20H25N5O3.